The minimum Gasteiger partial charge on any atom is -0.342 e. The molecular formula is C22H22F2N2OS. The molecule has 0 spiro atoms. The second kappa shape index (κ2) is 7.59. The van der Waals surface area contributed by atoms with Crippen LogP contribution < -0.4 is 0 Å². The lowest BCUT2D eigenvalue weighted by molar-refractivity contribution is -0.130. The number of fused-ring (bicyclic) bond motifs is 5. The van der Waals surface area contributed by atoms with Crippen molar-refractivity contribution in [3.63, 3.8) is 0 Å². The number of hydrogen-bond donors (Lipinski definition) is 0. The van der Waals surface area contributed by atoms with Gasteiger partial charge in [0.2, 0.25) is 5.91 Å². The Morgan fingerprint density at radius 2 is 1.93 bits per heavy atom. The highest BCUT2D eigenvalue weighted by atomic mass is 32.2. The molecule has 1 aromatic heterocycles. The molecule has 0 saturated heterocycles. The molecular weight excluding hydrogens is 377 g/mol. The molecule has 1 aliphatic heterocycles. The van der Waals surface area contributed by atoms with Crippen LogP contribution in [0.3, 0.4) is 0 Å². The molecule has 28 heavy (non-hydrogen) atoms. The van der Waals surface area contributed by atoms with Crippen molar-refractivity contribution >= 4 is 28.6 Å². The SMILES string of the molecule is CCN(CC)C(=O)C1Sc2ccc(F)cc2-c2c1c1ccccc1n2CC[18F]. The van der Waals surface area contributed by atoms with Crippen LogP contribution >= 0.6 is 11.8 Å². The molecule has 2 aromatic carbocycles. The van der Waals surface area contributed by atoms with Crippen molar-refractivity contribution in [3.05, 3.63) is 53.8 Å². The van der Waals surface area contributed by atoms with E-state index in [0.717, 1.165) is 32.6 Å². The lowest BCUT2D eigenvalue weighted by Crippen LogP contribution is -2.34. The number of para-hydroxylation sites is 1. The van der Waals surface area contributed by atoms with Gasteiger partial charge in [-0.05, 0) is 38.1 Å². The van der Waals surface area contributed by atoms with E-state index in [9.17, 15) is 13.6 Å². The van der Waals surface area contributed by atoms with E-state index in [1.807, 2.05) is 47.6 Å². The largest absolute Gasteiger partial charge is 0.342 e. The Labute approximate surface area is 167 Å². The number of rotatable bonds is 5. The first-order chi connectivity index (χ1) is 13.6. The van der Waals surface area contributed by atoms with E-state index in [2.05, 4.69) is 0 Å². The van der Waals surface area contributed by atoms with Crippen molar-refractivity contribution in [1.29, 1.82) is 0 Å². The third-order valence-corrected chi connectivity index (χ3v) is 6.60. The second-order valence-corrected chi connectivity index (χ2v) is 7.92. The van der Waals surface area contributed by atoms with Crippen LogP contribution in [0.5, 0.6) is 0 Å². The summed E-state index contributed by atoms with van der Waals surface area (Å²) in [6, 6.07) is 12.4. The fourth-order valence-corrected chi connectivity index (χ4v) is 5.34. The van der Waals surface area contributed by atoms with Gasteiger partial charge < -0.3 is 9.47 Å². The van der Waals surface area contributed by atoms with Crippen molar-refractivity contribution in [1.82, 2.24) is 9.47 Å². The molecule has 146 valence electrons. The van der Waals surface area contributed by atoms with E-state index >= 15 is 0 Å². The maximum atomic E-state index is 14.1. The Morgan fingerprint density at radius 1 is 1.18 bits per heavy atom. The van der Waals surface area contributed by atoms with E-state index in [-0.39, 0.29) is 18.3 Å². The zero-order valence-corrected chi connectivity index (χ0v) is 16.7. The molecule has 2 heterocycles. The molecule has 1 atom stereocenters. The zero-order valence-electron chi connectivity index (χ0n) is 15.9. The van der Waals surface area contributed by atoms with E-state index < -0.39 is 11.9 Å². The predicted molar refractivity (Wildman–Crippen MR) is 110 cm³/mol. The molecule has 0 bridgehead atoms. The van der Waals surface area contributed by atoms with Crippen molar-refractivity contribution < 1.29 is 13.6 Å². The predicted octanol–water partition coefficient (Wildman–Crippen LogP) is 5.43. The van der Waals surface area contributed by atoms with Crippen molar-refractivity contribution in [2.45, 2.75) is 30.5 Å². The van der Waals surface area contributed by atoms with E-state index in [4.69, 9.17) is 0 Å². The number of carbonyl (C=O) groups excluding carboxylic acids is 1. The highest BCUT2D eigenvalue weighted by Crippen LogP contribution is 2.53. The Bertz CT molecular complexity index is 1040. The molecule has 0 aliphatic carbocycles. The maximum Gasteiger partial charge on any atom is 0.240 e. The Morgan fingerprint density at radius 3 is 2.64 bits per heavy atom. The molecule has 4 rings (SSSR count). The second-order valence-electron chi connectivity index (χ2n) is 6.77. The summed E-state index contributed by atoms with van der Waals surface area (Å²) >= 11 is 1.46. The van der Waals surface area contributed by atoms with Crippen LogP contribution in [0.2, 0.25) is 0 Å². The number of aryl methyl sites for hydroxylation is 1. The molecule has 0 N–H and O–H groups in total. The van der Waals surface area contributed by atoms with Crippen LogP contribution in [0.25, 0.3) is 22.2 Å². The molecule has 3 aromatic rings. The number of nitrogens with zero attached hydrogens (tertiary/aromatic N) is 2. The van der Waals surface area contributed by atoms with Crippen LogP contribution in [-0.4, -0.2) is 35.1 Å². The smallest absolute Gasteiger partial charge is 0.240 e. The molecule has 6 heteroatoms. The van der Waals surface area contributed by atoms with Gasteiger partial charge in [-0.15, -0.1) is 11.8 Å². The van der Waals surface area contributed by atoms with Crippen LogP contribution in [0, 0.1) is 5.82 Å². The quantitative estimate of drug-likeness (QED) is 0.571. The van der Waals surface area contributed by atoms with Gasteiger partial charge >= 0.3 is 0 Å². The number of alkyl halides is 1. The van der Waals surface area contributed by atoms with Gasteiger partial charge in [0.15, 0.2) is 0 Å². The topological polar surface area (TPSA) is 25.2 Å². The number of hydrogen-bond acceptors (Lipinski definition) is 2. The standard InChI is InChI=1S/C22H22F2N2OS/c1-3-25(4-2)22(27)21-19-15-7-5-6-8-17(15)26(12-11-23)20(19)16-13-14(24)9-10-18(16)28-21/h5-10,13,21H,3-4,11-12H2,1-2H3/i23-1. The van der Waals surface area contributed by atoms with Gasteiger partial charge in [-0.1, -0.05) is 18.2 Å². The van der Waals surface area contributed by atoms with Gasteiger partial charge in [0.1, 0.15) is 17.7 Å². The molecule has 0 radical (unpaired) electrons. The number of halogens is 2. The van der Waals surface area contributed by atoms with Crippen molar-refractivity contribution in [3.8, 4) is 11.3 Å². The summed E-state index contributed by atoms with van der Waals surface area (Å²) in [6.45, 7) is 4.82. The Kier molecular flexibility index (Phi) is 5.15. The van der Waals surface area contributed by atoms with Gasteiger partial charge in [0.25, 0.3) is 0 Å². The van der Waals surface area contributed by atoms with E-state index in [1.54, 1.807) is 6.07 Å². The third kappa shape index (κ3) is 2.91. The van der Waals surface area contributed by atoms with Gasteiger partial charge in [-0.25, -0.2) is 8.78 Å². The average Bonchev–Trinajstić information content (AvgIpc) is 3.04. The van der Waals surface area contributed by atoms with Crippen LogP contribution in [-0.2, 0) is 11.3 Å². The Balaban J connectivity index is 2.03. The summed E-state index contributed by atoms with van der Waals surface area (Å²) in [5, 5.41) is 0.498. The minimum atomic E-state index is -0.530. The number of benzene rings is 2. The summed E-state index contributed by atoms with van der Waals surface area (Å²) in [5.74, 6) is -0.301. The first-order valence-electron chi connectivity index (χ1n) is 9.53. The highest BCUT2D eigenvalue weighted by Gasteiger charge is 2.37. The monoisotopic (exact) mass is 399 g/mol. The van der Waals surface area contributed by atoms with Gasteiger partial charge in [-0.2, -0.15) is 0 Å². The summed E-state index contributed by atoms with van der Waals surface area (Å²) in [6.07, 6.45) is 0. The van der Waals surface area contributed by atoms with Gasteiger partial charge in [0, 0.05) is 40.0 Å². The van der Waals surface area contributed by atoms with Gasteiger partial charge in [0.05, 0.1) is 12.2 Å². The fraction of sp³-hybridized carbons (Fsp3) is 0.318. The summed E-state index contributed by atoms with van der Waals surface area (Å²) in [4.78, 5) is 16.0. The number of carbonyl (C=O) groups is 1. The number of aromatic nitrogens is 1. The normalized spacial score (nSPS) is 15.4. The highest BCUT2D eigenvalue weighted by molar-refractivity contribution is 8.00. The molecule has 1 amide bonds. The molecule has 1 unspecified atom stereocenters. The van der Waals surface area contributed by atoms with Crippen molar-refractivity contribution in [2.24, 2.45) is 0 Å². The lowest BCUT2D eigenvalue weighted by atomic mass is 10.0. The minimum absolute atomic E-state index is 0.0365. The molecule has 3 nitrogen and oxygen atoms in total. The summed E-state index contributed by atoms with van der Waals surface area (Å²) < 4.78 is 29.4. The lowest BCUT2D eigenvalue weighted by Gasteiger charge is -2.30. The first-order valence-corrected chi connectivity index (χ1v) is 10.4. The van der Waals surface area contributed by atoms with Crippen LogP contribution in [0.15, 0.2) is 47.4 Å². The maximum absolute atomic E-state index is 14.1. The average molecular weight is 399 g/mol. The Hall–Kier alpha value is -2.34. The number of amides is 1. The number of likely N-dealkylation sites (N-methyl/N-ethyl adjacent to an activating group) is 1. The summed E-state index contributed by atoms with van der Waals surface area (Å²) in [7, 11) is 0. The first kappa shape index (κ1) is 19.0. The molecule has 1 aliphatic rings. The summed E-state index contributed by atoms with van der Waals surface area (Å²) in [5.41, 5.74) is 3.23. The molecule has 0 saturated carbocycles. The van der Waals surface area contributed by atoms with Crippen LogP contribution in [0.1, 0.15) is 24.7 Å². The fourth-order valence-electron chi connectivity index (χ4n) is 4.05. The van der Waals surface area contributed by atoms with Gasteiger partial charge in [-0.3, -0.25) is 4.79 Å². The van der Waals surface area contributed by atoms with E-state index in [1.165, 1.54) is 23.9 Å². The number of thioether (sulfide) groups is 1. The van der Waals surface area contributed by atoms with Crippen molar-refractivity contribution in [2.75, 3.05) is 19.8 Å². The zero-order chi connectivity index (χ0) is 19.8. The van der Waals surface area contributed by atoms with E-state index in [0.29, 0.717) is 13.1 Å². The third-order valence-electron chi connectivity index (χ3n) is 5.32. The molecule has 0 fully saturated rings. The van der Waals surface area contributed by atoms with Crippen LogP contribution in [0.4, 0.5) is 8.78 Å².